The van der Waals surface area contributed by atoms with Gasteiger partial charge in [0, 0.05) is 11.3 Å². The summed E-state index contributed by atoms with van der Waals surface area (Å²) in [6, 6.07) is 5.51. The highest BCUT2D eigenvalue weighted by molar-refractivity contribution is 7.99. The van der Waals surface area contributed by atoms with E-state index in [1.807, 2.05) is 25.6 Å². The maximum Gasteiger partial charge on any atom is 0.333 e. The first kappa shape index (κ1) is 15.9. The zero-order valence-electron chi connectivity index (χ0n) is 12.7. The van der Waals surface area contributed by atoms with Crippen LogP contribution in [0.25, 0.3) is 0 Å². The Balaban J connectivity index is 2.28. The van der Waals surface area contributed by atoms with Gasteiger partial charge in [0.2, 0.25) is 0 Å². The molecule has 0 aromatic heterocycles. The van der Waals surface area contributed by atoms with Crippen LogP contribution in [0.5, 0.6) is 5.75 Å². The Morgan fingerprint density at radius 1 is 1.43 bits per heavy atom. The number of nitrogens with zero attached hydrogens (tertiary/aromatic N) is 1. The molecule has 1 aliphatic carbocycles. The zero-order valence-corrected chi connectivity index (χ0v) is 13.5. The Hall–Kier alpha value is -1.43. The molecule has 1 fully saturated rings. The number of rotatable bonds is 6. The highest BCUT2D eigenvalue weighted by atomic mass is 32.2. The van der Waals surface area contributed by atoms with E-state index in [9.17, 15) is 10.1 Å². The molecule has 1 aromatic carbocycles. The zero-order chi connectivity index (χ0) is 15.4. The van der Waals surface area contributed by atoms with E-state index in [0.717, 1.165) is 12.8 Å². The maximum atomic E-state index is 11.4. The smallest absolute Gasteiger partial charge is 0.333 e. The Labute approximate surface area is 129 Å². The fourth-order valence-corrected chi connectivity index (χ4v) is 3.68. The molecule has 0 amide bonds. The van der Waals surface area contributed by atoms with Crippen molar-refractivity contribution in [3.05, 3.63) is 28.3 Å². The van der Waals surface area contributed by atoms with Crippen LogP contribution in [-0.2, 0) is 0 Å². The number of nitrogens with one attached hydrogen (secondary N) is 1. The van der Waals surface area contributed by atoms with Gasteiger partial charge >= 0.3 is 5.69 Å². The fourth-order valence-electron chi connectivity index (χ4n) is 2.75. The van der Waals surface area contributed by atoms with E-state index in [2.05, 4.69) is 11.6 Å². The van der Waals surface area contributed by atoms with E-state index in [1.165, 1.54) is 6.42 Å². The van der Waals surface area contributed by atoms with Gasteiger partial charge in [-0.1, -0.05) is 12.5 Å². The number of thioether (sulfide) groups is 1. The Morgan fingerprint density at radius 3 is 2.81 bits per heavy atom. The molecule has 0 heterocycles. The molecule has 1 saturated carbocycles. The van der Waals surface area contributed by atoms with E-state index in [4.69, 9.17) is 4.74 Å². The molecule has 1 N–H and O–H groups in total. The first-order valence-corrected chi connectivity index (χ1v) is 8.55. The van der Waals surface area contributed by atoms with Crippen molar-refractivity contribution in [2.45, 2.75) is 50.5 Å². The molecule has 0 radical (unpaired) electrons. The van der Waals surface area contributed by atoms with Crippen LogP contribution in [0, 0.1) is 10.1 Å². The minimum Gasteiger partial charge on any atom is -0.484 e. The van der Waals surface area contributed by atoms with Crippen LogP contribution >= 0.6 is 11.8 Å². The molecule has 1 aliphatic rings. The third-order valence-electron chi connectivity index (χ3n) is 3.64. The van der Waals surface area contributed by atoms with E-state index in [-0.39, 0.29) is 22.8 Å². The topological polar surface area (TPSA) is 64.4 Å². The van der Waals surface area contributed by atoms with Gasteiger partial charge in [0.1, 0.15) is 5.69 Å². The van der Waals surface area contributed by atoms with Crippen molar-refractivity contribution < 1.29 is 9.66 Å². The number of hydrogen-bond donors (Lipinski definition) is 1. The van der Waals surface area contributed by atoms with Gasteiger partial charge in [-0.05, 0) is 45.1 Å². The number of hydrogen-bond acceptors (Lipinski definition) is 5. The molecular formula is C15H22N2O3S. The lowest BCUT2D eigenvalue weighted by Gasteiger charge is -2.21. The molecule has 6 heteroatoms. The molecule has 2 atom stereocenters. The molecule has 0 spiro atoms. The second-order valence-electron chi connectivity index (χ2n) is 5.53. The van der Waals surface area contributed by atoms with Crippen LogP contribution in [0.1, 0.15) is 33.1 Å². The predicted molar refractivity (Wildman–Crippen MR) is 87.4 cm³/mol. The first-order valence-electron chi connectivity index (χ1n) is 7.26. The summed E-state index contributed by atoms with van der Waals surface area (Å²) < 4.78 is 5.58. The molecular weight excluding hydrogens is 288 g/mol. The van der Waals surface area contributed by atoms with Crippen LogP contribution in [0.3, 0.4) is 0 Å². The Bertz CT molecular complexity index is 508. The van der Waals surface area contributed by atoms with Crippen LogP contribution in [0.15, 0.2) is 18.2 Å². The normalized spacial score (nSPS) is 21.5. The average Bonchev–Trinajstić information content (AvgIpc) is 2.85. The number of benzene rings is 1. The van der Waals surface area contributed by atoms with Gasteiger partial charge < -0.3 is 10.1 Å². The van der Waals surface area contributed by atoms with Crippen molar-refractivity contribution in [3.8, 4) is 5.75 Å². The van der Waals surface area contributed by atoms with Gasteiger partial charge in [0.25, 0.3) is 0 Å². The molecule has 21 heavy (non-hydrogen) atoms. The van der Waals surface area contributed by atoms with Crippen LogP contribution in [-0.4, -0.2) is 28.6 Å². The van der Waals surface area contributed by atoms with Crippen LogP contribution < -0.4 is 10.1 Å². The van der Waals surface area contributed by atoms with Crippen molar-refractivity contribution in [2.75, 3.05) is 11.6 Å². The summed E-state index contributed by atoms with van der Waals surface area (Å²) in [5.74, 6) is 0.332. The molecule has 5 nitrogen and oxygen atoms in total. The molecule has 0 bridgehead atoms. The largest absolute Gasteiger partial charge is 0.484 e. The first-order chi connectivity index (χ1) is 10.0. The minimum atomic E-state index is -0.358. The van der Waals surface area contributed by atoms with E-state index in [0.29, 0.717) is 16.7 Å². The third kappa shape index (κ3) is 3.81. The van der Waals surface area contributed by atoms with E-state index < -0.39 is 0 Å². The number of anilines is 1. The number of ether oxygens (including phenoxy) is 1. The highest BCUT2D eigenvalue weighted by Crippen LogP contribution is 2.38. The SMILES string of the molecule is CSC1CCCC1Nc1cccc(OC(C)C)c1[N+](=O)[O-]. The second kappa shape index (κ2) is 7.02. The van der Waals surface area contributed by atoms with Gasteiger partial charge in [0.05, 0.1) is 11.0 Å². The molecule has 1 aromatic rings. The average molecular weight is 310 g/mol. The van der Waals surface area contributed by atoms with E-state index in [1.54, 1.807) is 18.2 Å². The van der Waals surface area contributed by atoms with Gasteiger partial charge in [-0.3, -0.25) is 10.1 Å². The van der Waals surface area contributed by atoms with Crippen molar-refractivity contribution >= 4 is 23.1 Å². The van der Waals surface area contributed by atoms with Crippen LogP contribution in [0.4, 0.5) is 11.4 Å². The molecule has 2 rings (SSSR count). The number of para-hydroxylation sites is 1. The monoisotopic (exact) mass is 310 g/mol. The molecule has 2 unspecified atom stereocenters. The van der Waals surface area contributed by atoms with Gasteiger partial charge in [-0.2, -0.15) is 11.8 Å². The molecule has 0 saturated heterocycles. The summed E-state index contributed by atoms with van der Waals surface area (Å²) in [7, 11) is 0. The van der Waals surface area contributed by atoms with Crippen molar-refractivity contribution in [3.63, 3.8) is 0 Å². The number of nitro groups is 1. The Morgan fingerprint density at radius 2 is 2.19 bits per heavy atom. The van der Waals surface area contributed by atoms with Crippen LogP contribution in [0.2, 0.25) is 0 Å². The molecule has 116 valence electrons. The predicted octanol–water partition coefficient (Wildman–Crippen LogP) is 4.08. The lowest BCUT2D eigenvalue weighted by Crippen LogP contribution is -2.26. The highest BCUT2D eigenvalue weighted by Gasteiger charge is 2.29. The van der Waals surface area contributed by atoms with Crippen molar-refractivity contribution in [1.29, 1.82) is 0 Å². The maximum absolute atomic E-state index is 11.4. The third-order valence-corrected chi connectivity index (χ3v) is 4.81. The lowest BCUT2D eigenvalue weighted by atomic mass is 10.2. The minimum absolute atomic E-state index is 0.0398. The van der Waals surface area contributed by atoms with Gasteiger partial charge in [-0.15, -0.1) is 0 Å². The van der Waals surface area contributed by atoms with Gasteiger partial charge in [0.15, 0.2) is 5.75 Å². The number of nitro benzene ring substituents is 1. The summed E-state index contributed by atoms with van der Waals surface area (Å²) in [5.41, 5.74) is 0.599. The summed E-state index contributed by atoms with van der Waals surface area (Å²) in [6.45, 7) is 3.73. The summed E-state index contributed by atoms with van der Waals surface area (Å²) in [6.07, 6.45) is 5.38. The summed E-state index contributed by atoms with van der Waals surface area (Å²) >= 11 is 1.83. The van der Waals surface area contributed by atoms with Crippen molar-refractivity contribution in [2.24, 2.45) is 0 Å². The Kier molecular flexibility index (Phi) is 5.33. The fraction of sp³-hybridized carbons (Fsp3) is 0.600. The molecule has 0 aliphatic heterocycles. The standard InChI is InChI=1S/C15H22N2O3S/c1-10(2)20-13-8-4-7-12(15(13)17(18)19)16-11-6-5-9-14(11)21-3/h4,7-8,10-11,14,16H,5-6,9H2,1-3H3. The quantitative estimate of drug-likeness (QED) is 0.633. The lowest BCUT2D eigenvalue weighted by molar-refractivity contribution is -0.385. The second-order valence-corrected chi connectivity index (χ2v) is 6.61. The van der Waals surface area contributed by atoms with E-state index >= 15 is 0 Å². The summed E-state index contributed by atoms with van der Waals surface area (Å²) in [4.78, 5) is 11.1. The van der Waals surface area contributed by atoms with Gasteiger partial charge in [-0.25, -0.2) is 0 Å². The van der Waals surface area contributed by atoms with Crippen molar-refractivity contribution in [1.82, 2.24) is 0 Å². The summed E-state index contributed by atoms with van der Waals surface area (Å²) in [5, 5.41) is 15.3.